The van der Waals surface area contributed by atoms with E-state index in [1.54, 1.807) is 42.5 Å². The first kappa shape index (κ1) is 18.2. The molecule has 2 aromatic carbocycles. The first-order chi connectivity index (χ1) is 13.2. The lowest BCUT2D eigenvalue weighted by atomic mass is 10.2. The lowest BCUT2D eigenvalue weighted by Gasteiger charge is -2.24. The largest absolute Gasteiger partial charge is 0.485 e. The number of rotatable bonds is 6. The van der Waals surface area contributed by atoms with Crippen LogP contribution in [0.4, 0.5) is 0 Å². The minimum absolute atomic E-state index is 0.106. The lowest BCUT2D eigenvalue weighted by Crippen LogP contribution is -2.42. The number of amides is 1. The number of hydrazone groups is 1. The van der Waals surface area contributed by atoms with Crippen molar-refractivity contribution in [2.45, 2.75) is 6.10 Å². The lowest BCUT2D eigenvalue weighted by molar-refractivity contribution is -0.142. The van der Waals surface area contributed by atoms with Crippen molar-refractivity contribution in [1.29, 1.82) is 0 Å². The summed E-state index contributed by atoms with van der Waals surface area (Å²) in [4.78, 5) is 23.3. The number of para-hydroxylation sites is 2. The highest BCUT2D eigenvalue weighted by molar-refractivity contribution is 5.85. The van der Waals surface area contributed by atoms with Gasteiger partial charge in [-0.2, -0.15) is 5.10 Å². The number of fused-ring (bicyclic) bond motifs is 1. The highest BCUT2D eigenvalue weighted by Crippen LogP contribution is 2.30. The summed E-state index contributed by atoms with van der Waals surface area (Å²) in [6.07, 6.45) is 0.673. The van der Waals surface area contributed by atoms with Crippen LogP contribution in [0, 0.1) is 0 Å². The number of nitrogens with zero attached hydrogens (tertiary/aromatic N) is 1. The summed E-state index contributed by atoms with van der Waals surface area (Å²) in [6.45, 7) is -0.0798. The van der Waals surface area contributed by atoms with Crippen LogP contribution in [-0.4, -0.2) is 44.5 Å². The quantitative estimate of drug-likeness (QED) is 0.471. The third-order valence-electron chi connectivity index (χ3n) is 3.63. The molecule has 0 bridgehead atoms. The average molecular weight is 370 g/mol. The Kier molecular flexibility index (Phi) is 5.88. The van der Waals surface area contributed by atoms with Gasteiger partial charge in [0.25, 0.3) is 5.91 Å². The van der Waals surface area contributed by atoms with E-state index in [2.05, 4.69) is 15.3 Å². The number of carbonyl (C=O) groups is 2. The predicted molar refractivity (Wildman–Crippen MR) is 96.0 cm³/mol. The second-order valence-corrected chi connectivity index (χ2v) is 5.54. The Morgan fingerprint density at radius 2 is 2.04 bits per heavy atom. The van der Waals surface area contributed by atoms with Crippen LogP contribution in [0.2, 0.25) is 0 Å². The third kappa shape index (κ3) is 4.97. The van der Waals surface area contributed by atoms with Gasteiger partial charge in [0.1, 0.15) is 12.4 Å². The minimum atomic E-state index is -0.785. The van der Waals surface area contributed by atoms with Crippen molar-refractivity contribution in [2.75, 3.05) is 20.3 Å². The van der Waals surface area contributed by atoms with E-state index in [4.69, 9.17) is 14.2 Å². The molecule has 1 aliphatic rings. The van der Waals surface area contributed by atoms with Gasteiger partial charge in [-0.3, -0.25) is 4.79 Å². The second kappa shape index (κ2) is 8.70. The van der Waals surface area contributed by atoms with Crippen LogP contribution in [0.1, 0.15) is 5.56 Å². The van der Waals surface area contributed by atoms with Crippen LogP contribution < -0.4 is 19.6 Å². The van der Waals surface area contributed by atoms with Crippen molar-refractivity contribution in [3.63, 3.8) is 0 Å². The minimum Gasteiger partial charge on any atom is -0.485 e. The number of esters is 1. The van der Waals surface area contributed by atoms with Crippen molar-refractivity contribution in [3.05, 3.63) is 54.1 Å². The maximum absolute atomic E-state index is 12.2. The summed E-state index contributed by atoms with van der Waals surface area (Å²) < 4.78 is 20.9. The van der Waals surface area contributed by atoms with Gasteiger partial charge >= 0.3 is 5.97 Å². The van der Waals surface area contributed by atoms with E-state index >= 15 is 0 Å². The zero-order valence-corrected chi connectivity index (χ0v) is 14.6. The summed E-state index contributed by atoms with van der Waals surface area (Å²) in [5.41, 5.74) is 3.11. The van der Waals surface area contributed by atoms with E-state index in [9.17, 15) is 9.59 Å². The van der Waals surface area contributed by atoms with Crippen molar-refractivity contribution >= 4 is 18.1 Å². The molecule has 0 saturated carbocycles. The number of benzene rings is 2. The summed E-state index contributed by atoms with van der Waals surface area (Å²) in [5, 5.41) is 3.92. The molecule has 0 unspecified atom stereocenters. The van der Waals surface area contributed by atoms with E-state index in [1.165, 1.54) is 13.3 Å². The Hall–Kier alpha value is -3.55. The number of hydrogen-bond acceptors (Lipinski definition) is 7. The van der Waals surface area contributed by atoms with Gasteiger partial charge in [0, 0.05) is 0 Å². The fourth-order valence-corrected chi connectivity index (χ4v) is 2.28. The van der Waals surface area contributed by atoms with E-state index in [1.807, 2.05) is 6.07 Å². The smallest absolute Gasteiger partial charge is 0.343 e. The van der Waals surface area contributed by atoms with E-state index < -0.39 is 18.0 Å². The normalized spacial score (nSPS) is 15.2. The monoisotopic (exact) mass is 370 g/mol. The molecule has 1 atom stereocenters. The highest BCUT2D eigenvalue weighted by atomic mass is 16.6. The van der Waals surface area contributed by atoms with Crippen LogP contribution in [0.5, 0.6) is 17.2 Å². The Morgan fingerprint density at radius 3 is 2.85 bits per heavy atom. The van der Waals surface area contributed by atoms with Crippen LogP contribution in [0.25, 0.3) is 0 Å². The number of nitrogens with one attached hydrogen (secondary N) is 1. The molecule has 140 valence electrons. The molecule has 0 fully saturated rings. The Balaban J connectivity index is 1.53. The van der Waals surface area contributed by atoms with E-state index in [0.717, 1.165) is 0 Å². The van der Waals surface area contributed by atoms with Crippen LogP contribution >= 0.6 is 0 Å². The number of hydrogen-bond donors (Lipinski definition) is 1. The molecular weight excluding hydrogens is 352 g/mol. The molecule has 0 saturated heterocycles. The molecule has 0 spiro atoms. The van der Waals surface area contributed by atoms with Gasteiger partial charge in [0.2, 0.25) is 6.10 Å². The number of ether oxygens (including phenoxy) is 4. The molecular formula is C19H18N2O6. The van der Waals surface area contributed by atoms with Gasteiger partial charge in [0.05, 0.1) is 13.3 Å². The molecule has 8 nitrogen and oxygen atoms in total. The van der Waals surface area contributed by atoms with E-state index in [-0.39, 0.29) is 13.2 Å². The Labute approximate surface area is 155 Å². The van der Waals surface area contributed by atoms with Crippen LogP contribution in [0.3, 0.4) is 0 Å². The van der Waals surface area contributed by atoms with Crippen molar-refractivity contribution in [1.82, 2.24) is 5.43 Å². The van der Waals surface area contributed by atoms with E-state index in [0.29, 0.717) is 22.8 Å². The summed E-state index contributed by atoms with van der Waals surface area (Å²) >= 11 is 0. The standard InChI is InChI=1S/C19H18N2O6/c1-24-18(22)12-25-14-6-4-5-13(9-14)10-20-21-19(23)17-11-26-15-7-2-3-8-16(15)27-17/h2-10,17H,11-12H2,1H3,(H,21,23)/b20-10-/t17-/m1/s1. The van der Waals surface area contributed by atoms with Gasteiger partial charge in [-0.1, -0.05) is 24.3 Å². The zero-order chi connectivity index (χ0) is 19.1. The van der Waals surface area contributed by atoms with Gasteiger partial charge in [-0.05, 0) is 29.8 Å². The van der Waals surface area contributed by atoms with Gasteiger partial charge < -0.3 is 18.9 Å². The number of carbonyl (C=O) groups excluding carboxylic acids is 2. The number of methoxy groups -OCH3 is 1. The first-order valence-corrected chi connectivity index (χ1v) is 8.17. The topological polar surface area (TPSA) is 95.5 Å². The van der Waals surface area contributed by atoms with Gasteiger partial charge in [-0.25, -0.2) is 10.2 Å². The highest BCUT2D eigenvalue weighted by Gasteiger charge is 2.26. The summed E-state index contributed by atoms with van der Waals surface area (Å²) in [6, 6.07) is 14.0. The van der Waals surface area contributed by atoms with Crippen molar-refractivity contribution < 1.29 is 28.5 Å². The molecule has 3 rings (SSSR count). The van der Waals surface area contributed by atoms with Crippen LogP contribution in [-0.2, 0) is 14.3 Å². The van der Waals surface area contributed by atoms with Crippen molar-refractivity contribution in [2.24, 2.45) is 5.10 Å². The fraction of sp³-hybridized carbons (Fsp3) is 0.211. The first-order valence-electron chi connectivity index (χ1n) is 8.17. The molecule has 1 aliphatic heterocycles. The SMILES string of the molecule is COC(=O)COc1cccc(/C=N\NC(=O)[C@H]2COc3ccccc3O2)c1. The van der Waals surface area contributed by atoms with Crippen molar-refractivity contribution in [3.8, 4) is 17.2 Å². The summed E-state index contributed by atoms with van der Waals surface area (Å²) in [7, 11) is 1.29. The molecule has 27 heavy (non-hydrogen) atoms. The predicted octanol–water partition coefficient (Wildman–Crippen LogP) is 1.53. The molecule has 1 N–H and O–H groups in total. The van der Waals surface area contributed by atoms with Gasteiger partial charge in [-0.15, -0.1) is 0 Å². The molecule has 0 aliphatic carbocycles. The average Bonchev–Trinajstić information content (AvgIpc) is 2.71. The maximum Gasteiger partial charge on any atom is 0.343 e. The maximum atomic E-state index is 12.2. The molecule has 1 heterocycles. The third-order valence-corrected chi connectivity index (χ3v) is 3.63. The summed E-state index contributed by atoms with van der Waals surface area (Å²) in [5.74, 6) is 0.713. The molecule has 0 radical (unpaired) electrons. The molecule has 2 aromatic rings. The van der Waals surface area contributed by atoms with Crippen LogP contribution in [0.15, 0.2) is 53.6 Å². The molecule has 1 amide bonds. The van der Waals surface area contributed by atoms with Gasteiger partial charge in [0.15, 0.2) is 18.1 Å². The molecule has 8 heteroatoms. The molecule has 0 aromatic heterocycles. The second-order valence-electron chi connectivity index (χ2n) is 5.54. The fourth-order valence-electron chi connectivity index (χ4n) is 2.28. The zero-order valence-electron chi connectivity index (χ0n) is 14.6. The Morgan fingerprint density at radius 1 is 1.22 bits per heavy atom. The Bertz CT molecular complexity index is 852.